The molecule has 0 heterocycles. The third-order valence-corrected chi connectivity index (χ3v) is 2.68. The first-order chi connectivity index (χ1) is 9.98. The van der Waals surface area contributed by atoms with Crippen molar-refractivity contribution in [1.82, 2.24) is 5.32 Å². The molecule has 22 heavy (non-hydrogen) atoms. The number of methoxy groups -OCH3 is 1. The Labute approximate surface area is 134 Å². The van der Waals surface area contributed by atoms with Gasteiger partial charge in [0.15, 0.2) is 0 Å². The summed E-state index contributed by atoms with van der Waals surface area (Å²) >= 11 is 0. The summed E-state index contributed by atoms with van der Waals surface area (Å²) in [6.07, 6.45) is 0.757. The van der Waals surface area contributed by atoms with Crippen molar-refractivity contribution >= 4 is 18.3 Å². The van der Waals surface area contributed by atoms with Gasteiger partial charge in [0.05, 0.1) is 19.7 Å². The summed E-state index contributed by atoms with van der Waals surface area (Å²) in [5.74, 6) is -3.07. The summed E-state index contributed by atoms with van der Waals surface area (Å²) in [5, 5.41) is 2.14. The molecule has 1 amide bonds. The summed E-state index contributed by atoms with van der Waals surface area (Å²) in [4.78, 5) is 11.7. The third-order valence-electron chi connectivity index (χ3n) is 2.68. The SMILES string of the molecule is COCCCOc1ccc(C(=O)NCC(F)(F)CN)cc1.Cl. The van der Waals surface area contributed by atoms with Crippen LogP contribution in [0, 0.1) is 0 Å². The lowest BCUT2D eigenvalue weighted by molar-refractivity contribution is 0.0118. The standard InChI is InChI=1S/C14H20F2N2O3.ClH/c1-20-7-2-8-21-12-5-3-11(4-6-12)13(19)18-10-14(15,16)9-17;/h3-6H,2,7-10,17H2,1H3,(H,18,19);1H. The summed E-state index contributed by atoms with van der Waals surface area (Å²) < 4.78 is 36.2. The largest absolute Gasteiger partial charge is 0.494 e. The van der Waals surface area contributed by atoms with Crippen molar-refractivity contribution in [3.63, 3.8) is 0 Å². The molecule has 1 rings (SSSR count). The van der Waals surface area contributed by atoms with Gasteiger partial charge in [0.1, 0.15) is 5.75 Å². The maximum Gasteiger partial charge on any atom is 0.277 e. The maximum atomic E-state index is 12.9. The Balaban J connectivity index is 0.00000441. The average Bonchev–Trinajstić information content (AvgIpc) is 2.50. The van der Waals surface area contributed by atoms with Crippen LogP contribution >= 0.6 is 12.4 Å². The van der Waals surface area contributed by atoms with E-state index in [9.17, 15) is 13.6 Å². The van der Waals surface area contributed by atoms with Crippen molar-refractivity contribution in [3.05, 3.63) is 29.8 Å². The van der Waals surface area contributed by atoms with Crippen LogP contribution in [0.15, 0.2) is 24.3 Å². The molecule has 0 atom stereocenters. The lowest BCUT2D eigenvalue weighted by atomic mass is 10.2. The molecule has 0 saturated carbocycles. The van der Waals surface area contributed by atoms with E-state index in [4.69, 9.17) is 15.2 Å². The van der Waals surface area contributed by atoms with Crippen molar-refractivity contribution in [2.75, 3.05) is 33.4 Å². The van der Waals surface area contributed by atoms with Crippen LogP contribution in [0.2, 0.25) is 0 Å². The summed E-state index contributed by atoms with van der Waals surface area (Å²) in [7, 11) is 1.61. The van der Waals surface area contributed by atoms with Gasteiger partial charge in [0.25, 0.3) is 11.8 Å². The highest BCUT2D eigenvalue weighted by atomic mass is 35.5. The maximum absolute atomic E-state index is 12.9. The van der Waals surface area contributed by atoms with E-state index < -0.39 is 24.9 Å². The van der Waals surface area contributed by atoms with Gasteiger partial charge >= 0.3 is 0 Å². The van der Waals surface area contributed by atoms with Gasteiger partial charge in [-0.2, -0.15) is 0 Å². The second-order valence-electron chi connectivity index (χ2n) is 4.46. The quantitative estimate of drug-likeness (QED) is 0.674. The molecule has 0 aliphatic heterocycles. The minimum Gasteiger partial charge on any atom is -0.494 e. The molecule has 8 heteroatoms. The van der Waals surface area contributed by atoms with Gasteiger partial charge in [0, 0.05) is 25.7 Å². The molecule has 0 aliphatic rings. The van der Waals surface area contributed by atoms with Gasteiger partial charge < -0.3 is 20.5 Å². The number of alkyl halides is 2. The van der Waals surface area contributed by atoms with Crippen LogP contribution in [-0.2, 0) is 4.74 Å². The molecule has 0 fully saturated rings. The molecule has 1 aromatic rings. The van der Waals surface area contributed by atoms with Crippen LogP contribution < -0.4 is 15.8 Å². The fourth-order valence-corrected chi connectivity index (χ4v) is 1.48. The molecule has 0 bridgehead atoms. The second kappa shape index (κ2) is 10.3. The molecule has 0 unspecified atom stereocenters. The fraction of sp³-hybridized carbons (Fsp3) is 0.500. The third kappa shape index (κ3) is 7.53. The number of amides is 1. The van der Waals surface area contributed by atoms with E-state index in [1.165, 1.54) is 12.1 Å². The summed E-state index contributed by atoms with van der Waals surface area (Å²) in [6, 6.07) is 6.26. The lowest BCUT2D eigenvalue weighted by Crippen LogP contribution is -2.41. The Morgan fingerprint density at radius 3 is 2.45 bits per heavy atom. The van der Waals surface area contributed by atoms with Crippen molar-refractivity contribution in [2.24, 2.45) is 5.73 Å². The van der Waals surface area contributed by atoms with E-state index >= 15 is 0 Å². The zero-order valence-electron chi connectivity index (χ0n) is 12.3. The number of ether oxygens (including phenoxy) is 2. The number of nitrogens with one attached hydrogen (secondary N) is 1. The Kier molecular flexibility index (Phi) is 9.64. The van der Waals surface area contributed by atoms with E-state index in [2.05, 4.69) is 5.32 Å². The van der Waals surface area contributed by atoms with E-state index in [-0.39, 0.29) is 18.0 Å². The molecule has 126 valence electrons. The predicted molar refractivity (Wildman–Crippen MR) is 82.0 cm³/mol. The molecule has 5 nitrogen and oxygen atoms in total. The number of hydrogen-bond acceptors (Lipinski definition) is 4. The van der Waals surface area contributed by atoms with Gasteiger partial charge in [-0.25, -0.2) is 8.78 Å². The first-order valence-corrected chi connectivity index (χ1v) is 6.56. The highest BCUT2D eigenvalue weighted by molar-refractivity contribution is 5.94. The number of carbonyl (C=O) groups excluding carboxylic acids is 1. The summed E-state index contributed by atoms with van der Waals surface area (Å²) in [6.45, 7) is -0.475. The Morgan fingerprint density at radius 2 is 1.91 bits per heavy atom. The van der Waals surface area contributed by atoms with Crippen LogP contribution in [0.5, 0.6) is 5.75 Å². The minimum absolute atomic E-state index is 0. The van der Waals surface area contributed by atoms with E-state index in [0.29, 0.717) is 19.0 Å². The monoisotopic (exact) mass is 338 g/mol. The number of benzene rings is 1. The Morgan fingerprint density at radius 1 is 1.27 bits per heavy atom. The van der Waals surface area contributed by atoms with Crippen LogP contribution in [0.4, 0.5) is 8.78 Å². The van der Waals surface area contributed by atoms with Gasteiger partial charge in [0.2, 0.25) is 0 Å². The van der Waals surface area contributed by atoms with Gasteiger partial charge in [-0.05, 0) is 24.3 Å². The van der Waals surface area contributed by atoms with E-state index in [0.717, 1.165) is 6.42 Å². The highest BCUT2D eigenvalue weighted by Crippen LogP contribution is 2.13. The van der Waals surface area contributed by atoms with Gasteiger partial charge in [-0.1, -0.05) is 0 Å². The molecular formula is C14H21ClF2N2O3. The molecule has 3 N–H and O–H groups in total. The predicted octanol–water partition coefficient (Wildman–Crippen LogP) is 1.85. The van der Waals surface area contributed by atoms with Crippen LogP contribution in [-0.4, -0.2) is 45.2 Å². The first-order valence-electron chi connectivity index (χ1n) is 6.56. The molecule has 0 saturated heterocycles. The number of rotatable bonds is 9. The van der Waals surface area contributed by atoms with Crippen molar-refractivity contribution in [2.45, 2.75) is 12.3 Å². The molecule has 0 aromatic heterocycles. The first kappa shape index (κ1) is 20.6. The molecule has 1 aromatic carbocycles. The van der Waals surface area contributed by atoms with Crippen LogP contribution in [0.3, 0.4) is 0 Å². The van der Waals surface area contributed by atoms with Crippen molar-refractivity contribution in [1.29, 1.82) is 0 Å². The summed E-state index contributed by atoms with van der Waals surface area (Å²) in [5.41, 5.74) is 5.18. The number of halogens is 3. The van der Waals surface area contributed by atoms with E-state index in [1.54, 1.807) is 19.2 Å². The Hall–Kier alpha value is -1.44. The normalized spacial score (nSPS) is 10.7. The minimum atomic E-state index is -3.10. The van der Waals surface area contributed by atoms with E-state index in [1.807, 2.05) is 0 Å². The zero-order valence-corrected chi connectivity index (χ0v) is 13.1. The van der Waals surface area contributed by atoms with Crippen molar-refractivity contribution in [3.8, 4) is 5.75 Å². The average molecular weight is 339 g/mol. The van der Waals surface area contributed by atoms with Gasteiger partial charge in [-0.3, -0.25) is 4.79 Å². The fourth-order valence-electron chi connectivity index (χ4n) is 1.48. The van der Waals surface area contributed by atoms with Crippen LogP contribution in [0.25, 0.3) is 0 Å². The smallest absolute Gasteiger partial charge is 0.277 e. The second-order valence-corrected chi connectivity index (χ2v) is 4.46. The molecular weight excluding hydrogens is 318 g/mol. The topological polar surface area (TPSA) is 73.6 Å². The van der Waals surface area contributed by atoms with Crippen LogP contribution in [0.1, 0.15) is 16.8 Å². The van der Waals surface area contributed by atoms with Crippen molar-refractivity contribution < 1.29 is 23.0 Å². The number of nitrogens with two attached hydrogens (primary N) is 1. The molecule has 0 spiro atoms. The highest BCUT2D eigenvalue weighted by Gasteiger charge is 2.27. The number of carbonyl (C=O) groups is 1. The van der Waals surface area contributed by atoms with Gasteiger partial charge in [-0.15, -0.1) is 12.4 Å². The molecule has 0 radical (unpaired) electrons. The molecule has 0 aliphatic carbocycles. The number of hydrogen-bond donors (Lipinski definition) is 2. The zero-order chi connectivity index (χ0) is 15.7. The lowest BCUT2D eigenvalue weighted by Gasteiger charge is -2.14. The Bertz CT molecular complexity index is 444.